The zero-order valence-corrected chi connectivity index (χ0v) is 15.2. The summed E-state index contributed by atoms with van der Waals surface area (Å²) in [5.74, 6) is 0. The molecule has 2 nitrogen and oxygen atoms in total. The molecule has 0 radical (unpaired) electrons. The van der Waals surface area contributed by atoms with Gasteiger partial charge in [0.1, 0.15) is 18.2 Å². The van der Waals surface area contributed by atoms with Crippen LogP contribution in [0.1, 0.15) is 11.1 Å². The van der Waals surface area contributed by atoms with Gasteiger partial charge in [-0.25, -0.2) is 4.57 Å². The number of benzene rings is 3. The maximum absolute atomic E-state index is 6.28. The molecule has 0 unspecified atom stereocenters. The zero-order chi connectivity index (χ0) is 17.8. The molecule has 5 rings (SSSR count). The number of nitrogens with zero attached hydrogens (tertiary/aromatic N) is 1. The van der Waals surface area contributed by atoms with E-state index in [4.69, 9.17) is 4.42 Å². The van der Waals surface area contributed by atoms with Crippen molar-refractivity contribution in [2.75, 3.05) is 0 Å². The second-order valence-corrected chi connectivity index (χ2v) is 7.13. The zero-order valence-electron chi connectivity index (χ0n) is 15.2. The molecule has 2 aromatic heterocycles. The molecule has 3 aromatic carbocycles. The first-order chi connectivity index (χ1) is 12.6. The van der Waals surface area contributed by atoms with Gasteiger partial charge in [-0.1, -0.05) is 30.3 Å². The van der Waals surface area contributed by atoms with E-state index in [0.29, 0.717) is 0 Å². The van der Waals surface area contributed by atoms with E-state index >= 15 is 0 Å². The van der Waals surface area contributed by atoms with Gasteiger partial charge in [0.2, 0.25) is 5.69 Å². The maximum Gasteiger partial charge on any atom is 0.212 e. The highest BCUT2D eigenvalue weighted by Crippen LogP contribution is 2.37. The first kappa shape index (κ1) is 15.2. The van der Waals surface area contributed by atoms with E-state index in [9.17, 15) is 0 Å². The number of fused-ring (bicyclic) bond motifs is 5. The molecule has 0 N–H and O–H groups in total. The third-order valence-corrected chi connectivity index (χ3v) is 5.29. The summed E-state index contributed by atoms with van der Waals surface area (Å²) >= 11 is 0. The van der Waals surface area contributed by atoms with Crippen molar-refractivity contribution in [3.8, 4) is 11.3 Å². The van der Waals surface area contributed by atoms with Crippen LogP contribution in [0.3, 0.4) is 0 Å². The quantitative estimate of drug-likeness (QED) is 0.351. The molecule has 0 atom stereocenters. The highest BCUT2D eigenvalue weighted by atomic mass is 16.3. The van der Waals surface area contributed by atoms with Crippen LogP contribution in [0.4, 0.5) is 0 Å². The predicted octanol–water partition coefficient (Wildman–Crippen LogP) is 5.85. The van der Waals surface area contributed by atoms with Crippen LogP contribution in [-0.2, 0) is 7.05 Å². The topological polar surface area (TPSA) is 17.0 Å². The van der Waals surface area contributed by atoms with Crippen molar-refractivity contribution in [1.29, 1.82) is 0 Å². The van der Waals surface area contributed by atoms with Gasteiger partial charge in [0.05, 0.1) is 0 Å². The van der Waals surface area contributed by atoms with Crippen molar-refractivity contribution >= 4 is 32.7 Å². The highest BCUT2D eigenvalue weighted by Gasteiger charge is 2.17. The molecule has 0 aliphatic heterocycles. The van der Waals surface area contributed by atoms with Crippen molar-refractivity contribution in [3.63, 3.8) is 0 Å². The van der Waals surface area contributed by atoms with Gasteiger partial charge in [0, 0.05) is 33.9 Å². The molecule has 2 heteroatoms. The molecule has 0 fully saturated rings. The Labute approximate surface area is 152 Å². The van der Waals surface area contributed by atoms with Crippen LogP contribution >= 0.6 is 0 Å². The molecule has 2 heterocycles. The highest BCUT2D eigenvalue weighted by molar-refractivity contribution is 6.15. The smallest absolute Gasteiger partial charge is 0.212 e. The molecular formula is C24H20NO+. The predicted molar refractivity (Wildman–Crippen MR) is 107 cm³/mol. The summed E-state index contributed by atoms with van der Waals surface area (Å²) in [6.45, 7) is 4.29. The van der Waals surface area contributed by atoms with Crippen molar-refractivity contribution in [1.82, 2.24) is 0 Å². The van der Waals surface area contributed by atoms with Gasteiger partial charge in [-0.2, -0.15) is 0 Å². The molecule has 0 aliphatic rings. The standard InChI is InChI=1S/C24H20NO/c1-15-10-11-25(3)22(12-15)20-14-21-19-9-8-17-6-4-5-7-18(17)24(19)26-23(21)13-16(20)2/h4-14H,1-3H3/q+1. The van der Waals surface area contributed by atoms with E-state index in [-0.39, 0.29) is 0 Å². The number of rotatable bonds is 1. The van der Waals surface area contributed by atoms with Crippen LogP contribution in [0.2, 0.25) is 0 Å². The number of hydrogen-bond acceptors (Lipinski definition) is 1. The van der Waals surface area contributed by atoms with Gasteiger partial charge in [-0.3, -0.25) is 0 Å². The van der Waals surface area contributed by atoms with E-state index in [0.717, 1.165) is 11.2 Å². The monoisotopic (exact) mass is 338 g/mol. The summed E-state index contributed by atoms with van der Waals surface area (Å²) in [6, 6.07) is 21.6. The maximum atomic E-state index is 6.28. The van der Waals surface area contributed by atoms with Gasteiger partial charge < -0.3 is 4.42 Å². The van der Waals surface area contributed by atoms with Gasteiger partial charge in [0.25, 0.3) is 0 Å². The Morgan fingerprint density at radius 1 is 0.808 bits per heavy atom. The lowest BCUT2D eigenvalue weighted by Gasteiger charge is -2.05. The molecule has 0 aliphatic carbocycles. The summed E-state index contributed by atoms with van der Waals surface area (Å²) in [7, 11) is 2.10. The van der Waals surface area contributed by atoms with E-state index in [1.54, 1.807) is 0 Å². The molecule has 5 aromatic rings. The average molecular weight is 338 g/mol. The molecule has 0 saturated heterocycles. The first-order valence-corrected chi connectivity index (χ1v) is 8.93. The van der Waals surface area contributed by atoms with E-state index in [1.165, 1.54) is 43.9 Å². The lowest BCUT2D eigenvalue weighted by Crippen LogP contribution is -2.30. The van der Waals surface area contributed by atoms with Crippen LogP contribution in [0.25, 0.3) is 44.0 Å². The van der Waals surface area contributed by atoms with Crippen LogP contribution < -0.4 is 4.57 Å². The molecule has 0 spiro atoms. The Balaban J connectivity index is 1.87. The third kappa shape index (κ3) is 2.15. The Bertz CT molecular complexity index is 1310. The Morgan fingerprint density at radius 2 is 1.65 bits per heavy atom. The number of hydrogen-bond donors (Lipinski definition) is 0. The summed E-state index contributed by atoms with van der Waals surface area (Å²) in [4.78, 5) is 0. The normalized spacial score (nSPS) is 11.7. The summed E-state index contributed by atoms with van der Waals surface area (Å²) < 4.78 is 8.46. The Morgan fingerprint density at radius 3 is 2.54 bits per heavy atom. The van der Waals surface area contributed by atoms with Crippen molar-refractivity contribution in [3.05, 3.63) is 78.0 Å². The fraction of sp³-hybridized carbons (Fsp3) is 0.125. The second-order valence-electron chi connectivity index (χ2n) is 7.13. The Kier molecular flexibility index (Phi) is 3.17. The second kappa shape index (κ2) is 5.43. The Hall–Kier alpha value is -3.13. The molecule has 26 heavy (non-hydrogen) atoms. The van der Waals surface area contributed by atoms with Gasteiger partial charge in [-0.15, -0.1) is 0 Å². The molecule has 0 bridgehead atoms. The average Bonchev–Trinajstić information content (AvgIpc) is 3.01. The molecule has 0 amide bonds. The summed E-state index contributed by atoms with van der Waals surface area (Å²) in [5.41, 5.74) is 6.89. The third-order valence-electron chi connectivity index (χ3n) is 5.29. The van der Waals surface area contributed by atoms with E-state index in [1.807, 2.05) is 0 Å². The van der Waals surface area contributed by atoms with Crippen LogP contribution in [0.15, 0.2) is 71.3 Å². The largest absolute Gasteiger partial charge is 0.455 e. The fourth-order valence-corrected chi connectivity index (χ4v) is 3.87. The van der Waals surface area contributed by atoms with Gasteiger partial charge in [-0.05, 0) is 48.6 Å². The lowest BCUT2D eigenvalue weighted by atomic mass is 9.99. The van der Waals surface area contributed by atoms with Crippen LogP contribution in [0, 0.1) is 13.8 Å². The van der Waals surface area contributed by atoms with Crippen LogP contribution in [-0.4, -0.2) is 0 Å². The fourth-order valence-electron chi connectivity index (χ4n) is 3.87. The number of aryl methyl sites for hydroxylation is 3. The van der Waals surface area contributed by atoms with Crippen molar-refractivity contribution < 1.29 is 8.98 Å². The molecule has 126 valence electrons. The lowest BCUT2D eigenvalue weighted by molar-refractivity contribution is -0.660. The minimum absolute atomic E-state index is 0.952. The minimum Gasteiger partial charge on any atom is -0.455 e. The van der Waals surface area contributed by atoms with Crippen LogP contribution in [0.5, 0.6) is 0 Å². The number of pyridine rings is 1. The molecule has 0 saturated carbocycles. The van der Waals surface area contributed by atoms with E-state index in [2.05, 4.69) is 92.3 Å². The summed E-state index contributed by atoms with van der Waals surface area (Å²) in [5, 5.41) is 4.73. The van der Waals surface area contributed by atoms with Gasteiger partial charge >= 0.3 is 0 Å². The van der Waals surface area contributed by atoms with E-state index < -0.39 is 0 Å². The first-order valence-electron chi connectivity index (χ1n) is 8.93. The number of aromatic nitrogens is 1. The van der Waals surface area contributed by atoms with Crippen molar-refractivity contribution in [2.24, 2.45) is 7.05 Å². The number of furan rings is 1. The van der Waals surface area contributed by atoms with Crippen molar-refractivity contribution in [2.45, 2.75) is 13.8 Å². The summed E-state index contributed by atoms with van der Waals surface area (Å²) in [6.07, 6.45) is 2.12. The molecular weight excluding hydrogens is 318 g/mol. The SMILES string of the molecule is Cc1cc[n+](C)c(-c2cc3c(cc2C)oc2c4ccccc4ccc32)c1. The van der Waals surface area contributed by atoms with Gasteiger partial charge in [0.15, 0.2) is 6.20 Å². The minimum atomic E-state index is 0.952.